The van der Waals surface area contributed by atoms with Gasteiger partial charge in [-0.15, -0.1) is 0 Å². The molecule has 12 heterocycles. The number of nitrogens with one attached hydrogen (secondary N) is 4. The number of aromatic nitrogens is 12. The monoisotopic (exact) mass is 1880 g/mol. The summed E-state index contributed by atoms with van der Waals surface area (Å²) in [6.07, 6.45) is 21.0. The van der Waals surface area contributed by atoms with Gasteiger partial charge in [0.05, 0.1) is 123 Å². The number of carbonyl (C=O) groups excluding carboxylic acids is 4. The standard InChI is InChI=1S/C27H20Cl2N4O.2C27H20ClFN4O.C27H20F2N4O/c1-16-8-10-19(11-9-16)32-27(34)22-13-18(14-30-17(22)2)20-6-4-12-33-24(20)15-31-26(33)21-5-3-7-23(28)25(21)29;1-16-8-10-19(11-9-16)32-27(34)22-13-18(14-30-17(22)2)20-6-4-12-33-24(20)15-31-26(33)21-5-3-7-23(29)25(21)28;1-16-8-10-19(11-9-16)32-27(34)22-13-18(14-30-17(22)2)20-6-4-12-33-24(20)15-31-26(33)21-5-3-7-23(28)25(21)29;1-16-5-8-20(9-6-16)32-27(34)23-12-18(14-30-17(23)2)21-4-3-11-33-25(21)15-31-26(33)22-10-7-19(28)13-24(22)29/h4*3-15H,1-2H3,(H,32,34). The molecule has 0 aliphatic rings. The van der Waals surface area contributed by atoms with E-state index in [1.54, 1.807) is 128 Å². The third-order valence-electron chi connectivity index (χ3n) is 22.8. The highest BCUT2D eigenvalue weighted by Crippen LogP contribution is 2.40. The van der Waals surface area contributed by atoms with Gasteiger partial charge in [0.15, 0.2) is 5.82 Å². The van der Waals surface area contributed by atoms with Gasteiger partial charge in [0.1, 0.15) is 40.7 Å². The molecular formula is C108H80Cl4F4N16O4. The fourth-order valence-electron chi connectivity index (χ4n) is 15.5. The predicted octanol–water partition coefficient (Wildman–Crippen LogP) is 26.9. The lowest BCUT2D eigenvalue weighted by molar-refractivity contribution is 0.101. The maximum absolute atomic E-state index is 14.7. The number of aryl methyl sites for hydroxylation is 8. The zero-order valence-corrected chi connectivity index (χ0v) is 77.1. The summed E-state index contributed by atoms with van der Waals surface area (Å²) in [4.78, 5) is 87.8. The third kappa shape index (κ3) is 19.6. The third-order valence-corrected chi connectivity index (χ3v) is 24.3. The van der Waals surface area contributed by atoms with E-state index < -0.39 is 23.3 Å². The number of imidazole rings is 4. The molecule has 0 saturated heterocycles. The molecule has 0 fully saturated rings. The van der Waals surface area contributed by atoms with Gasteiger partial charge in [-0.1, -0.05) is 160 Å². The summed E-state index contributed by atoms with van der Waals surface area (Å²) in [7, 11) is 0. The average Bonchev–Trinajstić information content (AvgIpc) is 1.61. The minimum atomic E-state index is -0.690. The molecule has 28 heteroatoms. The highest BCUT2D eigenvalue weighted by Gasteiger charge is 2.25. The molecule has 20 rings (SSSR count). The van der Waals surface area contributed by atoms with E-state index in [9.17, 15) is 36.7 Å². The zero-order chi connectivity index (χ0) is 95.3. The van der Waals surface area contributed by atoms with Gasteiger partial charge in [-0.05, 0) is 201 Å². The summed E-state index contributed by atoms with van der Waals surface area (Å²) in [6, 6.07) is 71.3. The Kier molecular flexibility index (Phi) is 26.8. The molecule has 4 N–H and O–H groups in total. The Morgan fingerprint density at radius 3 is 0.868 bits per heavy atom. The summed E-state index contributed by atoms with van der Waals surface area (Å²) < 4.78 is 63.8. The van der Waals surface area contributed by atoms with E-state index in [-0.39, 0.29) is 39.2 Å². The van der Waals surface area contributed by atoms with Crippen LogP contribution in [0, 0.1) is 78.7 Å². The Morgan fingerprint density at radius 2 is 0.544 bits per heavy atom. The van der Waals surface area contributed by atoms with Gasteiger partial charge >= 0.3 is 0 Å². The number of amides is 4. The van der Waals surface area contributed by atoms with E-state index in [1.807, 2.05) is 232 Å². The molecular weight excluding hydrogens is 1800 g/mol. The number of pyridine rings is 8. The molecule has 0 atom stereocenters. The first-order valence-electron chi connectivity index (χ1n) is 42.7. The van der Waals surface area contributed by atoms with Crippen LogP contribution in [0.2, 0.25) is 20.1 Å². The molecule has 136 heavy (non-hydrogen) atoms. The van der Waals surface area contributed by atoms with E-state index in [2.05, 4.69) is 61.1 Å². The lowest BCUT2D eigenvalue weighted by atomic mass is 10.0. The maximum Gasteiger partial charge on any atom is 0.257 e. The molecule has 0 radical (unpaired) electrons. The number of benzene rings is 8. The van der Waals surface area contributed by atoms with E-state index in [0.717, 1.165) is 106 Å². The second-order valence-electron chi connectivity index (χ2n) is 32.2. The molecule has 0 spiro atoms. The normalized spacial score (nSPS) is 11.1. The lowest BCUT2D eigenvalue weighted by Crippen LogP contribution is -2.14. The molecule has 8 aromatic carbocycles. The van der Waals surface area contributed by atoms with Crippen molar-refractivity contribution in [3.05, 3.63) is 428 Å². The minimum Gasteiger partial charge on any atom is -0.322 e. The van der Waals surface area contributed by atoms with Crippen molar-refractivity contribution in [2.24, 2.45) is 0 Å². The van der Waals surface area contributed by atoms with Crippen molar-refractivity contribution in [3.8, 4) is 90.1 Å². The predicted molar refractivity (Wildman–Crippen MR) is 531 cm³/mol. The Morgan fingerprint density at radius 1 is 0.265 bits per heavy atom. The van der Waals surface area contributed by atoms with Crippen molar-refractivity contribution >= 4 is 115 Å². The molecule has 672 valence electrons. The Balaban J connectivity index is 0.000000126. The molecule has 4 amide bonds. The van der Waals surface area contributed by atoms with Crippen LogP contribution < -0.4 is 21.3 Å². The van der Waals surface area contributed by atoms with Crippen LogP contribution in [0.4, 0.5) is 40.3 Å². The van der Waals surface area contributed by atoms with Gasteiger partial charge in [0.2, 0.25) is 0 Å². The smallest absolute Gasteiger partial charge is 0.257 e. The highest BCUT2D eigenvalue weighted by molar-refractivity contribution is 6.43. The maximum atomic E-state index is 14.7. The van der Waals surface area contributed by atoms with Crippen molar-refractivity contribution in [2.75, 3.05) is 21.3 Å². The summed E-state index contributed by atoms with van der Waals surface area (Å²) >= 11 is 24.9. The Hall–Kier alpha value is -16.1. The van der Waals surface area contributed by atoms with Gasteiger partial charge in [-0.25, -0.2) is 37.5 Å². The summed E-state index contributed by atoms with van der Waals surface area (Å²) in [6.45, 7) is 15.2. The highest BCUT2D eigenvalue weighted by atomic mass is 35.5. The largest absolute Gasteiger partial charge is 0.322 e. The molecule has 0 bridgehead atoms. The second-order valence-corrected chi connectivity index (χ2v) is 33.7. The van der Waals surface area contributed by atoms with Crippen molar-refractivity contribution in [1.29, 1.82) is 0 Å². The van der Waals surface area contributed by atoms with E-state index in [4.69, 9.17) is 46.4 Å². The SMILES string of the molecule is Cc1ccc(NC(=O)c2cc(-c3cccn4c(-c5ccc(F)cc5F)ncc34)cnc2C)cc1.Cc1ccc(NC(=O)c2cc(-c3cccn4c(-c5cccc(Cl)c5Cl)ncc34)cnc2C)cc1.Cc1ccc(NC(=O)c2cc(-c3cccn4c(-c5cccc(Cl)c5F)ncc34)cnc2C)cc1.Cc1ccc(NC(=O)c2cc(-c3cccn4c(-c5cccc(F)c5Cl)ncc34)cnc2C)cc1. The minimum absolute atomic E-state index is 0.0208. The van der Waals surface area contributed by atoms with Gasteiger partial charge in [-0.2, -0.15) is 0 Å². The van der Waals surface area contributed by atoms with Crippen LogP contribution in [0.1, 0.15) is 86.5 Å². The number of rotatable bonds is 16. The molecule has 0 saturated carbocycles. The van der Waals surface area contributed by atoms with E-state index in [0.29, 0.717) is 106 Å². The number of hydrogen-bond acceptors (Lipinski definition) is 12. The number of hydrogen-bond donors (Lipinski definition) is 4. The first-order valence-corrected chi connectivity index (χ1v) is 44.2. The molecule has 0 aliphatic heterocycles. The van der Waals surface area contributed by atoms with Crippen molar-refractivity contribution < 1.29 is 36.7 Å². The fourth-order valence-corrected chi connectivity index (χ4v) is 16.3. The summed E-state index contributed by atoms with van der Waals surface area (Å²) in [5.41, 5.74) is 23.0. The first-order chi connectivity index (χ1) is 65.7. The topological polar surface area (TPSA) is 237 Å². The van der Waals surface area contributed by atoms with Gasteiger partial charge in [-0.3, -0.25) is 56.7 Å². The Labute approximate surface area is 798 Å². The van der Waals surface area contributed by atoms with Crippen molar-refractivity contribution in [2.45, 2.75) is 55.4 Å². The van der Waals surface area contributed by atoms with Crippen LogP contribution >= 0.6 is 46.4 Å². The summed E-state index contributed by atoms with van der Waals surface area (Å²) in [5, 5.41) is 12.7. The number of nitrogens with zero attached hydrogens (tertiary/aromatic N) is 12. The van der Waals surface area contributed by atoms with Gasteiger partial charge < -0.3 is 21.3 Å². The van der Waals surface area contributed by atoms with Crippen LogP contribution in [0.15, 0.2) is 317 Å². The average molecular weight is 1880 g/mol. The van der Waals surface area contributed by atoms with Crippen LogP contribution in [0.5, 0.6) is 0 Å². The quantitative estimate of drug-likeness (QED) is 0.0661. The van der Waals surface area contributed by atoms with Gasteiger partial charge in [0.25, 0.3) is 23.6 Å². The molecule has 0 aliphatic carbocycles. The van der Waals surface area contributed by atoms with Crippen LogP contribution in [0.3, 0.4) is 0 Å². The van der Waals surface area contributed by atoms with Crippen LogP contribution in [-0.4, -0.2) is 81.1 Å². The number of carbonyl (C=O) groups is 4. The van der Waals surface area contributed by atoms with Crippen LogP contribution in [0.25, 0.3) is 112 Å². The van der Waals surface area contributed by atoms with E-state index >= 15 is 0 Å². The molecule has 0 unspecified atom stereocenters. The number of fused-ring (bicyclic) bond motifs is 4. The van der Waals surface area contributed by atoms with Crippen LogP contribution in [-0.2, 0) is 0 Å². The Bertz CT molecular complexity index is 7490. The lowest BCUT2D eigenvalue weighted by Gasteiger charge is -2.11. The zero-order valence-electron chi connectivity index (χ0n) is 74.0. The van der Waals surface area contributed by atoms with Gasteiger partial charge in [0, 0.05) is 134 Å². The van der Waals surface area contributed by atoms with Crippen molar-refractivity contribution in [3.63, 3.8) is 0 Å². The fraction of sp³-hybridized carbons (Fsp3) is 0.0741. The molecule has 12 aromatic heterocycles. The number of anilines is 4. The van der Waals surface area contributed by atoms with Crippen molar-refractivity contribution in [1.82, 2.24) is 57.5 Å². The number of halogens is 8. The summed E-state index contributed by atoms with van der Waals surface area (Å²) in [5.74, 6) is -1.29. The van der Waals surface area contributed by atoms with E-state index in [1.165, 1.54) is 24.3 Å². The first kappa shape index (κ1) is 91.8. The second kappa shape index (κ2) is 39.7. The molecule has 20 nitrogen and oxygen atoms in total. The molecule has 20 aromatic rings.